The quantitative estimate of drug-likeness (QED) is 0.639. The van der Waals surface area contributed by atoms with Crippen LogP contribution in [0.25, 0.3) is 11.3 Å². The third-order valence-electron chi connectivity index (χ3n) is 5.72. The minimum Gasteiger partial charge on any atom is -0.338 e. The van der Waals surface area contributed by atoms with Gasteiger partial charge in [0, 0.05) is 0 Å². The maximum atomic E-state index is 14.3. The second kappa shape index (κ2) is 6.72. The van der Waals surface area contributed by atoms with Crippen molar-refractivity contribution in [3.63, 3.8) is 0 Å². The van der Waals surface area contributed by atoms with Gasteiger partial charge in [0.05, 0.1) is 22.4 Å². The fraction of sp³-hybridized carbons (Fsp3) is 0.429. The Bertz CT molecular complexity index is 1010. The van der Waals surface area contributed by atoms with Crippen molar-refractivity contribution in [2.45, 2.75) is 51.9 Å². The molecule has 28 heavy (non-hydrogen) atoms. The molecule has 0 radical (unpaired) electrons. The Kier molecular flexibility index (Phi) is 4.48. The molecule has 7 heteroatoms. The highest BCUT2D eigenvalue weighted by Gasteiger charge is 2.44. The number of halogens is 2. The van der Waals surface area contributed by atoms with E-state index in [-0.39, 0.29) is 17.2 Å². The molecular formula is C21H22F2N4O. The molecule has 5 nitrogen and oxygen atoms in total. The molecule has 2 unspecified atom stereocenters. The molecule has 0 fully saturated rings. The predicted octanol–water partition coefficient (Wildman–Crippen LogP) is 4.95. The van der Waals surface area contributed by atoms with Gasteiger partial charge in [0.2, 0.25) is 5.89 Å². The van der Waals surface area contributed by atoms with E-state index in [0.29, 0.717) is 17.6 Å². The Morgan fingerprint density at radius 2 is 1.89 bits per heavy atom. The molecule has 1 aromatic carbocycles. The van der Waals surface area contributed by atoms with Gasteiger partial charge in [-0.2, -0.15) is 10.1 Å². The van der Waals surface area contributed by atoms with E-state index in [1.54, 1.807) is 13.0 Å². The first-order valence-electron chi connectivity index (χ1n) is 9.44. The maximum Gasteiger partial charge on any atom is 0.238 e. The number of hydrogen-bond donors (Lipinski definition) is 0. The summed E-state index contributed by atoms with van der Waals surface area (Å²) >= 11 is 0. The molecule has 0 amide bonds. The second-order valence-corrected chi connectivity index (χ2v) is 8.00. The first kappa shape index (κ1) is 18.7. The number of aromatic nitrogens is 4. The lowest BCUT2D eigenvalue weighted by molar-refractivity contribution is 0.270. The monoisotopic (exact) mass is 384 g/mol. The summed E-state index contributed by atoms with van der Waals surface area (Å²) in [5.74, 6) is 0.295. The molecular weight excluding hydrogens is 362 g/mol. The summed E-state index contributed by atoms with van der Waals surface area (Å²) < 4.78 is 34.1. The number of nitrogens with zero attached hydrogens (tertiary/aromatic N) is 4. The Labute approximate surface area is 162 Å². The minimum atomic E-state index is -0.651. The summed E-state index contributed by atoms with van der Waals surface area (Å²) in [5, 5.41) is 12.5. The zero-order valence-electron chi connectivity index (χ0n) is 16.3. The number of fused-ring (bicyclic) bond motifs is 1. The molecule has 0 spiro atoms. The minimum absolute atomic E-state index is 0.152. The molecule has 2 heterocycles. The molecule has 0 bridgehead atoms. The van der Waals surface area contributed by atoms with Crippen LogP contribution in [-0.2, 0) is 5.41 Å². The molecule has 0 N–H and O–H groups in total. The third-order valence-corrected chi connectivity index (χ3v) is 5.72. The van der Waals surface area contributed by atoms with Crippen molar-refractivity contribution in [2.75, 3.05) is 0 Å². The number of hydrogen-bond acceptors (Lipinski definition) is 5. The van der Waals surface area contributed by atoms with Crippen molar-refractivity contribution in [3.8, 4) is 11.3 Å². The van der Waals surface area contributed by atoms with Crippen LogP contribution in [-0.4, -0.2) is 20.3 Å². The van der Waals surface area contributed by atoms with Crippen LogP contribution in [0.5, 0.6) is 0 Å². The van der Waals surface area contributed by atoms with Crippen molar-refractivity contribution < 1.29 is 13.3 Å². The summed E-state index contributed by atoms with van der Waals surface area (Å²) in [4.78, 5) is 4.42. The van der Waals surface area contributed by atoms with Crippen LogP contribution in [0.4, 0.5) is 8.78 Å². The highest BCUT2D eigenvalue weighted by Crippen LogP contribution is 2.48. The topological polar surface area (TPSA) is 64.7 Å². The van der Waals surface area contributed by atoms with Crippen molar-refractivity contribution in [1.29, 1.82) is 0 Å². The number of aryl methyl sites for hydroxylation is 1. The van der Waals surface area contributed by atoms with E-state index in [0.717, 1.165) is 24.1 Å². The molecule has 146 valence electrons. The normalized spacial score (nSPS) is 21.8. The molecule has 1 aliphatic rings. The highest BCUT2D eigenvalue weighted by atomic mass is 19.1. The summed E-state index contributed by atoms with van der Waals surface area (Å²) in [6, 6.07) is 5.57. The second-order valence-electron chi connectivity index (χ2n) is 8.00. The first-order chi connectivity index (χ1) is 13.3. The van der Waals surface area contributed by atoms with Gasteiger partial charge in [-0.25, -0.2) is 8.78 Å². The van der Waals surface area contributed by atoms with Gasteiger partial charge in [-0.1, -0.05) is 25.1 Å². The summed E-state index contributed by atoms with van der Waals surface area (Å²) in [5.41, 5.74) is 1.14. The fourth-order valence-corrected chi connectivity index (χ4v) is 4.12. The van der Waals surface area contributed by atoms with Crippen molar-refractivity contribution >= 4 is 0 Å². The predicted molar refractivity (Wildman–Crippen MR) is 99.7 cm³/mol. The van der Waals surface area contributed by atoms with Crippen LogP contribution in [0.2, 0.25) is 0 Å². The van der Waals surface area contributed by atoms with E-state index < -0.39 is 17.0 Å². The smallest absolute Gasteiger partial charge is 0.238 e. The molecule has 0 saturated heterocycles. The largest absolute Gasteiger partial charge is 0.338 e. The zero-order valence-corrected chi connectivity index (χ0v) is 16.3. The van der Waals surface area contributed by atoms with E-state index in [4.69, 9.17) is 4.52 Å². The standard InChI is InChI=1S/C21H22F2N4O/c1-11(2)13-8-9-21(4,20-24-12(3)27-28-20)19-14(13)10-17(25-26-19)18-15(22)6-5-7-16(18)23/h5-7,10-11,13H,8-9H2,1-4H3. The Morgan fingerprint density at radius 1 is 1.18 bits per heavy atom. The van der Waals surface area contributed by atoms with E-state index >= 15 is 0 Å². The van der Waals surface area contributed by atoms with Crippen LogP contribution >= 0.6 is 0 Å². The van der Waals surface area contributed by atoms with Crippen molar-refractivity contribution in [3.05, 3.63) is 58.9 Å². The molecule has 2 atom stereocenters. The van der Waals surface area contributed by atoms with Crippen molar-refractivity contribution in [1.82, 2.24) is 20.3 Å². The van der Waals surface area contributed by atoms with Gasteiger partial charge in [0.15, 0.2) is 5.82 Å². The summed E-state index contributed by atoms with van der Waals surface area (Å²) in [6.45, 7) is 8.05. The van der Waals surface area contributed by atoms with Crippen molar-refractivity contribution in [2.24, 2.45) is 5.92 Å². The molecule has 2 aromatic heterocycles. The van der Waals surface area contributed by atoms with Crippen LogP contribution in [0.1, 0.15) is 62.5 Å². The van der Waals surface area contributed by atoms with Crippen LogP contribution in [0.3, 0.4) is 0 Å². The molecule has 4 rings (SSSR count). The average Bonchev–Trinajstić information content (AvgIpc) is 3.09. The van der Waals surface area contributed by atoms with Crippen LogP contribution in [0, 0.1) is 24.5 Å². The van der Waals surface area contributed by atoms with Gasteiger partial charge < -0.3 is 4.52 Å². The van der Waals surface area contributed by atoms with Gasteiger partial charge in [-0.15, -0.1) is 5.10 Å². The summed E-state index contributed by atoms with van der Waals surface area (Å²) in [7, 11) is 0. The lowest BCUT2D eigenvalue weighted by Gasteiger charge is -2.37. The number of benzene rings is 1. The molecule has 0 aliphatic heterocycles. The highest BCUT2D eigenvalue weighted by molar-refractivity contribution is 5.62. The lowest BCUT2D eigenvalue weighted by atomic mass is 9.67. The van der Waals surface area contributed by atoms with Gasteiger partial charge >= 0.3 is 0 Å². The van der Waals surface area contributed by atoms with Gasteiger partial charge in [0.25, 0.3) is 0 Å². The van der Waals surface area contributed by atoms with Gasteiger partial charge in [0.1, 0.15) is 11.6 Å². The average molecular weight is 384 g/mol. The van der Waals surface area contributed by atoms with E-state index in [1.807, 2.05) is 6.92 Å². The van der Waals surface area contributed by atoms with E-state index in [2.05, 4.69) is 34.2 Å². The van der Waals surface area contributed by atoms with E-state index in [9.17, 15) is 8.78 Å². The van der Waals surface area contributed by atoms with Crippen LogP contribution in [0.15, 0.2) is 28.8 Å². The molecule has 1 aliphatic carbocycles. The van der Waals surface area contributed by atoms with Gasteiger partial charge in [-0.05, 0) is 62.3 Å². The Hall–Kier alpha value is -2.70. The van der Waals surface area contributed by atoms with Crippen LogP contribution < -0.4 is 0 Å². The Morgan fingerprint density at radius 3 is 2.50 bits per heavy atom. The number of rotatable bonds is 3. The molecule has 0 saturated carbocycles. The van der Waals surface area contributed by atoms with Gasteiger partial charge in [-0.3, -0.25) is 0 Å². The Balaban J connectivity index is 1.91. The SMILES string of the molecule is Cc1noc(C2(C)CCC(C(C)C)c3cc(-c4c(F)cccc4F)nnc32)n1. The maximum absolute atomic E-state index is 14.3. The summed E-state index contributed by atoms with van der Waals surface area (Å²) in [6.07, 6.45) is 1.67. The fourth-order valence-electron chi connectivity index (χ4n) is 4.12. The zero-order chi connectivity index (χ0) is 20.1. The lowest BCUT2D eigenvalue weighted by Crippen LogP contribution is -2.34. The first-order valence-corrected chi connectivity index (χ1v) is 9.44. The third kappa shape index (κ3) is 2.89. The van der Waals surface area contributed by atoms with E-state index in [1.165, 1.54) is 18.2 Å². The molecule has 3 aromatic rings.